The lowest BCUT2D eigenvalue weighted by Gasteiger charge is -2.17. The van der Waals surface area contributed by atoms with Crippen LogP contribution in [0.15, 0.2) is 60.7 Å². The van der Waals surface area contributed by atoms with Crippen molar-refractivity contribution in [3.63, 3.8) is 0 Å². The molecule has 2 rings (SSSR count). The standard InChI is InChI=1S/C14H13O5P/c15-13(11-7-3-1-4-8-11)14(19-20(16,17)18)12-9-5-2-6-10-12/h1-10,14H,(H2,16,17,18). The summed E-state index contributed by atoms with van der Waals surface area (Å²) in [6, 6.07) is 16.5. The summed E-state index contributed by atoms with van der Waals surface area (Å²) in [6.07, 6.45) is -1.33. The van der Waals surface area contributed by atoms with Crippen molar-refractivity contribution in [1.29, 1.82) is 0 Å². The maximum Gasteiger partial charge on any atom is 0.470 e. The molecule has 0 spiro atoms. The van der Waals surface area contributed by atoms with Crippen molar-refractivity contribution in [2.75, 3.05) is 0 Å². The number of hydrogen-bond donors (Lipinski definition) is 2. The van der Waals surface area contributed by atoms with Crippen LogP contribution in [0.25, 0.3) is 0 Å². The molecule has 0 aliphatic rings. The summed E-state index contributed by atoms with van der Waals surface area (Å²) in [5.41, 5.74) is 0.722. The second kappa shape index (κ2) is 6.11. The lowest BCUT2D eigenvalue weighted by Crippen LogP contribution is -2.15. The number of carbonyl (C=O) groups excluding carboxylic acids is 1. The van der Waals surface area contributed by atoms with Crippen molar-refractivity contribution >= 4 is 13.6 Å². The summed E-state index contributed by atoms with van der Waals surface area (Å²) >= 11 is 0. The minimum atomic E-state index is -4.78. The number of carbonyl (C=O) groups is 1. The first-order valence-corrected chi connectivity index (χ1v) is 7.38. The SMILES string of the molecule is O=C(c1ccccc1)C(OP(=O)(O)O)c1ccccc1. The van der Waals surface area contributed by atoms with Gasteiger partial charge in [0.15, 0.2) is 11.9 Å². The molecule has 2 aromatic rings. The summed E-state index contributed by atoms with van der Waals surface area (Å²) in [6.45, 7) is 0. The van der Waals surface area contributed by atoms with Crippen LogP contribution in [-0.2, 0) is 9.09 Å². The number of Topliss-reactive ketones (excluding diaryl/α,β-unsaturated/α-hetero) is 1. The maximum absolute atomic E-state index is 12.4. The Hall–Kier alpha value is -1.78. The molecule has 0 aliphatic heterocycles. The average Bonchev–Trinajstić information content (AvgIpc) is 2.45. The Morgan fingerprint density at radius 3 is 1.95 bits per heavy atom. The summed E-state index contributed by atoms with van der Waals surface area (Å²) in [5.74, 6) is -0.500. The molecule has 2 N–H and O–H groups in total. The van der Waals surface area contributed by atoms with Crippen LogP contribution in [-0.4, -0.2) is 15.6 Å². The highest BCUT2D eigenvalue weighted by Crippen LogP contribution is 2.43. The third-order valence-corrected chi connectivity index (χ3v) is 3.13. The zero-order chi connectivity index (χ0) is 14.6. The predicted octanol–water partition coefficient (Wildman–Crippen LogP) is 2.72. The Morgan fingerprint density at radius 1 is 0.950 bits per heavy atom. The highest BCUT2D eigenvalue weighted by atomic mass is 31.2. The second-order valence-electron chi connectivity index (χ2n) is 4.12. The maximum atomic E-state index is 12.4. The molecular formula is C14H13O5P. The first-order chi connectivity index (χ1) is 9.47. The largest absolute Gasteiger partial charge is 0.470 e. The molecule has 2 aromatic carbocycles. The van der Waals surface area contributed by atoms with Gasteiger partial charge in [-0.3, -0.25) is 9.32 Å². The van der Waals surface area contributed by atoms with Gasteiger partial charge in [0.25, 0.3) is 0 Å². The number of ketones is 1. The minimum absolute atomic E-state index is 0.329. The van der Waals surface area contributed by atoms with Gasteiger partial charge in [-0.2, -0.15) is 0 Å². The van der Waals surface area contributed by atoms with Gasteiger partial charge >= 0.3 is 7.82 Å². The van der Waals surface area contributed by atoms with Crippen LogP contribution in [0.4, 0.5) is 0 Å². The van der Waals surface area contributed by atoms with Crippen molar-refractivity contribution in [3.05, 3.63) is 71.8 Å². The molecule has 20 heavy (non-hydrogen) atoms. The van der Waals surface area contributed by atoms with Gasteiger partial charge in [-0.25, -0.2) is 4.57 Å². The van der Waals surface area contributed by atoms with Crippen LogP contribution in [0.1, 0.15) is 22.0 Å². The Labute approximate surface area is 116 Å². The molecule has 0 fully saturated rings. The highest BCUT2D eigenvalue weighted by Gasteiger charge is 2.30. The highest BCUT2D eigenvalue weighted by molar-refractivity contribution is 7.46. The fraction of sp³-hybridized carbons (Fsp3) is 0.0714. The molecular weight excluding hydrogens is 279 g/mol. The van der Waals surface area contributed by atoms with Crippen LogP contribution in [0.5, 0.6) is 0 Å². The summed E-state index contributed by atoms with van der Waals surface area (Å²) in [4.78, 5) is 30.3. The van der Waals surface area contributed by atoms with E-state index in [2.05, 4.69) is 4.52 Å². The van der Waals surface area contributed by atoms with E-state index in [0.29, 0.717) is 11.1 Å². The van der Waals surface area contributed by atoms with Crippen LogP contribution in [0.2, 0.25) is 0 Å². The molecule has 0 bridgehead atoms. The van der Waals surface area contributed by atoms with E-state index < -0.39 is 19.7 Å². The molecule has 0 saturated carbocycles. The molecule has 6 heteroatoms. The van der Waals surface area contributed by atoms with Gasteiger partial charge in [-0.15, -0.1) is 0 Å². The molecule has 0 radical (unpaired) electrons. The van der Waals surface area contributed by atoms with Crippen LogP contribution < -0.4 is 0 Å². The zero-order valence-electron chi connectivity index (χ0n) is 10.4. The first-order valence-electron chi connectivity index (χ1n) is 5.85. The zero-order valence-corrected chi connectivity index (χ0v) is 11.3. The van der Waals surface area contributed by atoms with Crippen LogP contribution in [0, 0.1) is 0 Å². The van der Waals surface area contributed by atoms with E-state index >= 15 is 0 Å². The van der Waals surface area contributed by atoms with E-state index in [1.165, 1.54) is 0 Å². The van der Waals surface area contributed by atoms with Crippen molar-refractivity contribution < 1.29 is 23.7 Å². The number of benzene rings is 2. The minimum Gasteiger partial charge on any atom is -0.303 e. The van der Waals surface area contributed by atoms with E-state index in [4.69, 9.17) is 9.79 Å². The van der Waals surface area contributed by atoms with Gasteiger partial charge in [-0.05, 0) is 5.56 Å². The predicted molar refractivity (Wildman–Crippen MR) is 73.1 cm³/mol. The Morgan fingerprint density at radius 2 is 1.45 bits per heavy atom. The van der Waals surface area contributed by atoms with Gasteiger partial charge < -0.3 is 9.79 Å². The number of phosphoric acid groups is 1. The molecule has 0 aliphatic carbocycles. The third kappa shape index (κ3) is 3.85. The van der Waals surface area contributed by atoms with Crippen molar-refractivity contribution in [2.45, 2.75) is 6.10 Å². The van der Waals surface area contributed by atoms with E-state index in [9.17, 15) is 9.36 Å². The molecule has 1 unspecified atom stereocenters. The van der Waals surface area contributed by atoms with Crippen molar-refractivity contribution in [2.24, 2.45) is 0 Å². The molecule has 0 heterocycles. The Bertz CT molecular complexity index is 621. The summed E-state index contributed by atoms with van der Waals surface area (Å²) < 4.78 is 15.7. The molecule has 0 saturated heterocycles. The van der Waals surface area contributed by atoms with Crippen LogP contribution in [0.3, 0.4) is 0 Å². The monoisotopic (exact) mass is 292 g/mol. The lowest BCUT2D eigenvalue weighted by molar-refractivity contribution is 0.0711. The molecule has 0 aromatic heterocycles. The van der Waals surface area contributed by atoms with Crippen LogP contribution >= 0.6 is 7.82 Å². The topological polar surface area (TPSA) is 83.8 Å². The Kier molecular flexibility index (Phi) is 4.47. The molecule has 104 valence electrons. The van der Waals surface area contributed by atoms with E-state index in [1.807, 2.05) is 0 Å². The van der Waals surface area contributed by atoms with Crippen molar-refractivity contribution in [3.8, 4) is 0 Å². The van der Waals surface area contributed by atoms with Gasteiger partial charge in [-0.1, -0.05) is 60.7 Å². The molecule has 0 amide bonds. The number of phosphoric ester groups is 1. The lowest BCUT2D eigenvalue weighted by atomic mass is 10.0. The normalized spacial score (nSPS) is 12.9. The fourth-order valence-corrected chi connectivity index (χ4v) is 2.27. The third-order valence-electron chi connectivity index (χ3n) is 2.64. The number of rotatable bonds is 5. The van der Waals surface area contributed by atoms with Gasteiger partial charge in [0.1, 0.15) is 0 Å². The quantitative estimate of drug-likeness (QED) is 0.654. The second-order valence-corrected chi connectivity index (χ2v) is 5.31. The number of hydrogen-bond acceptors (Lipinski definition) is 3. The summed E-state index contributed by atoms with van der Waals surface area (Å²) in [7, 11) is -4.78. The molecule has 1 atom stereocenters. The fourth-order valence-electron chi connectivity index (χ4n) is 1.78. The van der Waals surface area contributed by atoms with Gasteiger partial charge in [0, 0.05) is 5.56 Å². The average molecular weight is 292 g/mol. The van der Waals surface area contributed by atoms with Gasteiger partial charge in [0.2, 0.25) is 0 Å². The van der Waals surface area contributed by atoms with E-state index in [0.717, 1.165) is 0 Å². The summed E-state index contributed by atoms with van der Waals surface area (Å²) in [5, 5.41) is 0. The first kappa shape index (κ1) is 14.6. The van der Waals surface area contributed by atoms with E-state index in [-0.39, 0.29) is 0 Å². The molecule has 5 nitrogen and oxygen atoms in total. The van der Waals surface area contributed by atoms with Gasteiger partial charge in [0.05, 0.1) is 0 Å². The Balaban J connectivity index is 2.37. The van der Waals surface area contributed by atoms with E-state index in [1.54, 1.807) is 60.7 Å². The van der Waals surface area contributed by atoms with Crippen molar-refractivity contribution in [1.82, 2.24) is 0 Å². The smallest absolute Gasteiger partial charge is 0.303 e.